The van der Waals surface area contributed by atoms with E-state index in [9.17, 15) is 22.0 Å². The first-order valence-corrected chi connectivity index (χ1v) is 6.37. The second-order valence-electron chi connectivity index (χ2n) is 5.21. The van der Waals surface area contributed by atoms with E-state index in [-0.39, 0.29) is 12.0 Å². The predicted molar refractivity (Wildman–Crippen MR) is 64.7 cm³/mol. The molecule has 1 aromatic rings. The van der Waals surface area contributed by atoms with Crippen molar-refractivity contribution in [3.63, 3.8) is 0 Å². The number of halogens is 5. The monoisotopic (exact) mass is 294 g/mol. The number of hydrogen-bond donors (Lipinski definition) is 2. The van der Waals surface area contributed by atoms with Gasteiger partial charge in [-0.3, -0.25) is 0 Å². The van der Waals surface area contributed by atoms with Crippen molar-refractivity contribution in [3.8, 4) is 0 Å². The fraction of sp³-hybridized carbons (Fsp3) is 0.538. The molecular weight excluding hydrogens is 279 g/mol. The maximum absolute atomic E-state index is 13.5. The SMILES string of the molecule is NCC1(CNc2c(F)c(F)c(F)c(F)c2F)CCCC1. The second kappa shape index (κ2) is 5.55. The molecule has 20 heavy (non-hydrogen) atoms. The number of nitrogens with two attached hydrogens (primary N) is 1. The first-order chi connectivity index (χ1) is 9.42. The van der Waals surface area contributed by atoms with E-state index in [1.54, 1.807) is 0 Å². The van der Waals surface area contributed by atoms with Gasteiger partial charge in [0.2, 0.25) is 5.82 Å². The fourth-order valence-electron chi connectivity index (χ4n) is 2.61. The van der Waals surface area contributed by atoms with Crippen LogP contribution < -0.4 is 11.1 Å². The lowest BCUT2D eigenvalue weighted by Gasteiger charge is -2.28. The standard InChI is InChI=1S/C13H15F5N2/c14-7-8(15)10(17)12(11(18)9(7)16)20-6-13(5-19)3-1-2-4-13/h20H,1-6,19H2. The van der Waals surface area contributed by atoms with Crippen molar-refractivity contribution in [2.45, 2.75) is 25.7 Å². The van der Waals surface area contributed by atoms with Crippen LogP contribution in [0, 0.1) is 34.5 Å². The molecule has 1 aliphatic rings. The topological polar surface area (TPSA) is 38.0 Å². The van der Waals surface area contributed by atoms with E-state index >= 15 is 0 Å². The Balaban J connectivity index is 2.26. The minimum atomic E-state index is -2.15. The molecule has 2 nitrogen and oxygen atoms in total. The molecule has 7 heteroatoms. The smallest absolute Gasteiger partial charge is 0.200 e. The second-order valence-corrected chi connectivity index (χ2v) is 5.21. The third kappa shape index (κ3) is 2.46. The van der Waals surface area contributed by atoms with E-state index in [1.165, 1.54) is 0 Å². The summed E-state index contributed by atoms with van der Waals surface area (Å²) in [7, 11) is 0. The molecule has 0 spiro atoms. The lowest BCUT2D eigenvalue weighted by atomic mass is 9.86. The molecule has 1 aromatic carbocycles. The normalized spacial score (nSPS) is 17.5. The van der Waals surface area contributed by atoms with Gasteiger partial charge >= 0.3 is 0 Å². The highest BCUT2D eigenvalue weighted by molar-refractivity contribution is 5.48. The molecule has 0 bridgehead atoms. The zero-order valence-corrected chi connectivity index (χ0v) is 10.7. The van der Waals surface area contributed by atoms with Crippen LogP contribution in [0.25, 0.3) is 0 Å². The first kappa shape index (κ1) is 15.0. The molecule has 0 saturated heterocycles. The van der Waals surface area contributed by atoms with Gasteiger partial charge in [0.25, 0.3) is 0 Å². The fourth-order valence-corrected chi connectivity index (χ4v) is 2.61. The summed E-state index contributed by atoms with van der Waals surface area (Å²) in [6.07, 6.45) is 3.42. The van der Waals surface area contributed by atoms with Gasteiger partial charge in [-0.2, -0.15) is 0 Å². The summed E-state index contributed by atoms with van der Waals surface area (Å²) >= 11 is 0. The van der Waals surface area contributed by atoms with Gasteiger partial charge in [0.05, 0.1) is 0 Å². The molecule has 0 aliphatic heterocycles. The average Bonchev–Trinajstić information content (AvgIpc) is 2.92. The van der Waals surface area contributed by atoms with Crippen molar-refractivity contribution >= 4 is 5.69 Å². The molecule has 3 N–H and O–H groups in total. The van der Waals surface area contributed by atoms with E-state index in [4.69, 9.17) is 5.73 Å². The van der Waals surface area contributed by atoms with Gasteiger partial charge in [-0.05, 0) is 24.8 Å². The van der Waals surface area contributed by atoms with Crippen molar-refractivity contribution in [1.82, 2.24) is 0 Å². The van der Waals surface area contributed by atoms with E-state index in [2.05, 4.69) is 5.32 Å². The molecule has 0 atom stereocenters. The maximum atomic E-state index is 13.5. The van der Waals surface area contributed by atoms with Gasteiger partial charge in [0, 0.05) is 6.54 Å². The Morgan fingerprint density at radius 1 is 0.850 bits per heavy atom. The minimum Gasteiger partial charge on any atom is -0.380 e. The zero-order chi connectivity index (χ0) is 14.9. The first-order valence-electron chi connectivity index (χ1n) is 6.37. The maximum Gasteiger partial charge on any atom is 0.200 e. The van der Waals surface area contributed by atoms with Crippen LogP contribution in [-0.4, -0.2) is 13.1 Å². The molecule has 2 rings (SSSR count). The van der Waals surface area contributed by atoms with Crippen molar-refractivity contribution in [2.24, 2.45) is 11.1 Å². The summed E-state index contributed by atoms with van der Waals surface area (Å²) < 4.78 is 66.0. The molecule has 0 amide bonds. The third-order valence-corrected chi connectivity index (χ3v) is 3.95. The average molecular weight is 294 g/mol. The number of hydrogen-bond acceptors (Lipinski definition) is 2. The summed E-state index contributed by atoms with van der Waals surface area (Å²) in [4.78, 5) is 0. The predicted octanol–water partition coefficient (Wildman–Crippen LogP) is 3.31. The van der Waals surface area contributed by atoms with Crippen molar-refractivity contribution < 1.29 is 22.0 Å². The lowest BCUT2D eigenvalue weighted by molar-refractivity contribution is 0.329. The van der Waals surface area contributed by atoms with Crippen LogP contribution >= 0.6 is 0 Å². The van der Waals surface area contributed by atoms with Crippen molar-refractivity contribution in [3.05, 3.63) is 29.1 Å². The van der Waals surface area contributed by atoms with Crippen LogP contribution in [0.5, 0.6) is 0 Å². The van der Waals surface area contributed by atoms with Crippen molar-refractivity contribution in [2.75, 3.05) is 18.4 Å². The van der Waals surface area contributed by atoms with E-state index in [0.29, 0.717) is 6.54 Å². The Kier molecular flexibility index (Phi) is 4.17. The van der Waals surface area contributed by atoms with Gasteiger partial charge in [-0.15, -0.1) is 0 Å². The highest BCUT2D eigenvalue weighted by Crippen LogP contribution is 2.38. The Morgan fingerprint density at radius 2 is 1.30 bits per heavy atom. The molecule has 112 valence electrons. The van der Waals surface area contributed by atoms with Crippen molar-refractivity contribution in [1.29, 1.82) is 0 Å². The van der Waals surface area contributed by atoms with Gasteiger partial charge in [-0.1, -0.05) is 12.8 Å². The number of benzene rings is 1. The molecule has 1 fully saturated rings. The molecule has 1 saturated carbocycles. The van der Waals surface area contributed by atoms with Crippen LogP contribution in [-0.2, 0) is 0 Å². The van der Waals surface area contributed by atoms with Gasteiger partial charge in [0.15, 0.2) is 23.3 Å². The van der Waals surface area contributed by atoms with Crippen LogP contribution in [0.15, 0.2) is 0 Å². The lowest BCUT2D eigenvalue weighted by Crippen LogP contribution is -2.35. The Labute approximate surface area is 113 Å². The Hall–Kier alpha value is -1.37. The summed E-state index contributed by atoms with van der Waals surface area (Å²) in [5.41, 5.74) is 4.33. The summed E-state index contributed by atoms with van der Waals surface area (Å²) in [5, 5.41) is 2.35. The van der Waals surface area contributed by atoms with Gasteiger partial charge < -0.3 is 11.1 Å². The van der Waals surface area contributed by atoms with Gasteiger partial charge in [-0.25, -0.2) is 22.0 Å². The zero-order valence-electron chi connectivity index (χ0n) is 10.7. The van der Waals surface area contributed by atoms with Gasteiger partial charge in [0.1, 0.15) is 5.69 Å². The van der Waals surface area contributed by atoms with Crippen LogP contribution in [0.2, 0.25) is 0 Å². The molecule has 1 aliphatic carbocycles. The quantitative estimate of drug-likeness (QED) is 0.508. The van der Waals surface area contributed by atoms with E-state index < -0.39 is 34.8 Å². The highest BCUT2D eigenvalue weighted by atomic mass is 19.2. The highest BCUT2D eigenvalue weighted by Gasteiger charge is 2.33. The van der Waals surface area contributed by atoms with Crippen LogP contribution in [0.1, 0.15) is 25.7 Å². The Morgan fingerprint density at radius 3 is 1.75 bits per heavy atom. The van der Waals surface area contributed by atoms with Crippen LogP contribution in [0.3, 0.4) is 0 Å². The van der Waals surface area contributed by atoms with Crippen LogP contribution in [0.4, 0.5) is 27.6 Å². The number of anilines is 1. The summed E-state index contributed by atoms with van der Waals surface area (Å²) in [6.45, 7) is 0.386. The number of nitrogens with one attached hydrogen (secondary N) is 1. The molecule has 0 heterocycles. The third-order valence-electron chi connectivity index (χ3n) is 3.95. The molecular formula is C13H15F5N2. The molecule has 0 radical (unpaired) electrons. The van der Waals surface area contributed by atoms with E-state index in [1.807, 2.05) is 0 Å². The summed E-state index contributed by atoms with van der Waals surface area (Å²) in [5.74, 6) is -9.72. The number of rotatable bonds is 4. The minimum absolute atomic E-state index is 0.0852. The molecule has 0 aromatic heterocycles. The largest absolute Gasteiger partial charge is 0.380 e. The molecule has 0 unspecified atom stereocenters. The summed E-state index contributed by atoms with van der Waals surface area (Å²) in [6, 6.07) is 0. The van der Waals surface area contributed by atoms with E-state index in [0.717, 1.165) is 25.7 Å². The Bertz CT molecular complexity index is 483.